The average Bonchev–Trinajstić information content (AvgIpc) is 2.47. The summed E-state index contributed by atoms with van der Waals surface area (Å²) in [6.45, 7) is 0. The molecule has 104 valence electrons. The van der Waals surface area contributed by atoms with Gasteiger partial charge in [-0.05, 0) is 23.8 Å². The normalized spacial score (nSPS) is 11.0. The predicted octanol–water partition coefficient (Wildman–Crippen LogP) is 3.49. The van der Waals surface area contributed by atoms with E-state index in [1.807, 2.05) is 62.6 Å². The first kappa shape index (κ1) is 14.2. The van der Waals surface area contributed by atoms with Crippen molar-refractivity contribution in [2.24, 2.45) is 0 Å². The molecule has 2 aromatic rings. The fourth-order valence-corrected chi connectivity index (χ4v) is 2.08. The van der Waals surface area contributed by atoms with Crippen molar-refractivity contribution in [2.75, 3.05) is 26.3 Å². The molecule has 0 aliphatic heterocycles. The van der Waals surface area contributed by atoms with E-state index in [1.54, 1.807) is 0 Å². The van der Waals surface area contributed by atoms with E-state index in [-0.39, 0.29) is 0 Å². The number of nitrogens with zero attached hydrogens (tertiary/aromatic N) is 3. The lowest BCUT2D eigenvalue weighted by molar-refractivity contribution is 0.220. The molecular weight excluding hydrogens is 246 g/mol. The van der Waals surface area contributed by atoms with Crippen LogP contribution >= 0.6 is 0 Å². The van der Waals surface area contributed by atoms with Gasteiger partial charge in [0.15, 0.2) is 0 Å². The summed E-state index contributed by atoms with van der Waals surface area (Å²) in [5, 5.41) is 6.20. The van der Waals surface area contributed by atoms with E-state index in [0.717, 1.165) is 5.69 Å². The Kier molecular flexibility index (Phi) is 4.80. The van der Waals surface area contributed by atoms with Crippen molar-refractivity contribution in [3.05, 3.63) is 72.4 Å². The van der Waals surface area contributed by atoms with E-state index < -0.39 is 0 Å². The van der Waals surface area contributed by atoms with Gasteiger partial charge in [-0.25, -0.2) is 10.1 Å². The lowest BCUT2D eigenvalue weighted by atomic mass is 10.2. The Bertz CT molecular complexity index is 535. The highest BCUT2D eigenvalue weighted by Crippen LogP contribution is 2.16. The van der Waals surface area contributed by atoms with Crippen molar-refractivity contribution in [3.8, 4) is 0 Å². The van der Waals surface area contributed by atoms with Crippen molar-refractivity contribution < 1.29 is 0 Å². The van der Waals surface area contributed by atoms with Gasteiger partial charge in [-0.1, -0.05) is 48.5 Å². The van der Waals surface area contributed by atoms with Crippen molar-refractivity contribution in [1.29, 1.82) is 0 Å². The molecule has 0 bridgehead atoms. The van der Waals surface area contributed by atoms with Gasteiger partial charge in [0.25, 0.3) is 0 Å². The van der Waals surface area contributed by atoms with Gasteiger partial charge in [0.1, 0.15) is 0 Å². The van der Waals surface area contributed by atoms with Crippen LogP contribution in [0.2, 0.25) is 0 Å². The molecule has 0 aliphatic rings. The molecule has 3 heteroatoms. The molecule has 0 radical (unpaired) electrons. The summed E-state index contributed by atoms with van der Waals surface area (Å²) in [4.78, 5) is 0. The largest absolute Gasteiger partial charge is 0.281 e. The number of benzene rings is 2. The van der Waals surface area contributed by atoms with Crippen LogP contribution in [-0.4, -0.2) is 31.2 Å². The van der Waals surface area contributed by atoms with Gasteiger partial charge in [0.2, 0.25) is 0 Å². The first-order valence-corrected chi connectivity index (χ1v) is 6.67. The van der Waals surface area contributed by atoms with Gasteiger partial charge in [-0.15, -0.1) is 0 Å². The van der Waals surface area contributed by atoms with E-state index in [1.165, 1.54) is 5.56 Å². The molecule has 20 heavy (non-hydrogen) atoms. The Morgan fingerprint density at radius 2 is 1.30 bits per heavy atom. The molecular formula is C17H21N3. The maximum absolute atomic E-state index is 2.10. The first-order chi connectivity index (χ1) is 9.68. The van der Waals surface area contributed by atoms with Crippen LogP contribution in [0.15, 0.2) is 66.9 Å². The second kappa shape index (κ2) is 6.78. The van der Waals surface area contributed by atoms with Gasteiger partial charge in [0.05, 0.1) is 5.69 Å². The molecule has 0 heterocycles. The maximum Gasteiger partial charge on any atom is 0.0760 e. The fourth-order valence-electron chi connectivity index (χ4n) is 2.08. The van der Waals surface area contributed by atoms with Gasteiger partial charge in [0, 0.05) is 27.3 Å². The third kappa shape index (κ3) is 3.62. The Balaban J connectivity index is 2.16. The molecule has 3 nitrogen and oxygen atoms in total. The molecule has 2 rings (SSSR count). The molecule has 0 fully saturated rings. The van der Waals surface area contributed by atoms with Gasteiger partial charge >= 0.3 is 0 Å². The molecule has 0 aliphatic carbocycles. The number of hydrazine groups is 2. The van der Waals surface area contributed by atoms with Crippen LogP contribution in [0.3, 0.4) is 0 Å². The Morgan fingerprint density at radius 1 is 0.750 bits per heavy atom. The Labute approximate surface area is 121 Å². The molecule has 0 saturated heterocycles. The third-order valence-corrected chi connectivity index (χ3v) is 2.95. The van der Waals surface area contributed by atoms with Crippen LogP contribution in [0.4, 0.5) is 5.69 Å². The lowest BCUT2D eigenvalue weighted by Crippen LogP contribution is -2.46. The quantitative estimate of drug-likeness (QED) is 0.768. The predicted molar refractivity (Wildman–Crippen MR) is 85.8 cm³/mol. The van der Waals surface area contributed by atoms with E-state index in [2.05, 4.69) is 46.7 Å². The second-order valence-corrected chi connectivity index (χ2v) is 4.77. The third-order valence-electron chi connectivity index (χ3n) is 2.95. The van der Waals surface area contributed by atoms with Crippen molar-refractivity contribution in [3.63, 3.8) is 0 Å². The topological polar surface area (TPSA) is 9.72 Å². The molecule has 0 unspecified atom stereocenters. The molecule has 0 aromatic heterocycles. The summed E-state index contributed by atoms with van der Waals surface area (Å²) in [6, 6.07) is 20.6. The summed E-state index contributed by atoms with van der Waals surface area (Å²) in [5.74, 6) is 0. The summed E-state index contributed by atoms with van der Waals surface area (Å²) in [6.07, 6.45) is 4.15. The van der Waals surface area contributed by atoms with Crippen LogP contribution in [0.5, 0.6) is 0 Å². The number of rotatable bonds is 5. The lowest BCUT2D eigenvalue weighted by Gasteiger charge is -2.37. The Hall–Kier alpha value is -2.26. The summed E-state index contributed by atoms with van der Waals surface area (Å²) in [7, 11) is 6.09. The summed E-state index contributed by atoms with van der Waals surface area (Å²) >= 11 is 0. The van der Waals surface area contributed by atoms with Gasteiger partial charge in [-0.3, -0.25) is 5.01 Å². The minimum Gasteiger partial charge on any atom is -0.281 e. The molecule has 0 atom stereocenters. The Morgan fingerprint density at radius 3 is 1.85 bits per heavy atom. The van der Waals surface area contributed by atoms with E-state index in [9.17, 15) is 0 Å². The molecule has 0 N–H and O–H groups in total. The first-order valence-electron chi connectivity index (χ1n) is 6.67. The smallest absolute Gasteiger partial charge is 0.0760 e. The van der Waals surface area contributed by atoms with Gasteiger partial charge in [-0.2, -0.15) is 0 Å². The van der Waals surface area contributed by atoms with Crippen LogP contribution in [0.1, 0.15) is 5.56 Å². The minimum atomic E-state index is 1.12. The average molecular weight is 267 g/mol. The summed E-state index contributed by atoms with van der Waals surface area (Å²) in [5.41, 5.74) is 2.31. The highest BCUT2D eigenvalue weighted by molar-refractivity contribution is 5.50. The molecule has 0 amide bonds. The maximum atomic E-state index is 2.10. The number of para-hydroxylation sites is 1. The second-order valence-electron chi connectivity index (χ2n) is 4.77. The highest BCUT2D eigenvalue weighted by Gasteiger charge is 2.11. The summed E-state index contributed by atoms with van der Waals surface area (Å²) < 4.78 is 0. The van der Waals surface area contributed by atoms with E-state index in [0.29, 0.717) is 0 Å². The monoisotopic (exact) mass is 267 g/mol. The van der Waals surface area contributed by atoms with Crippen LogP contribution < -0.4 is 5.12 Å². The highest BCUT2D eigenvalue weighted by atomic mass is 15.8. The van der Waals surface area contributed by atoms with Crippen molar-refractivity contribution >= 4 is 11.8 Å². The SMILES string of the molecule is CN(C)N(c1ccccc1)N(C)C=Cc1ccccc1. The zero-order valence-corrected chi connectivity index (χ0v) is 12.3. The van der Waals surface area contributed by atoms with Crippen LogP contribution in [-0.2, 0) is 0 Å². The van der Waals surface area contributed by atoms with Crippen molar-refractivity contribution in [1.82, 2.24) is 10.0 Å². The van der Waals surface area contributed by atoms with Gasteiger partial charge < -0.3 is 0 Å². The van der Waals surface area contributed by atoms with Crippen molar-refractivity contribution in [2.45, 2.75) is 0 Å². The molecule has 2 aromatic carbocycles. The number of hydrogen-bond donors (Lipinski definition) is 0. The fraction of sp³-hybridized carbons (Fsp3) is 0.176. The zero-order chi connectivity index (χ0) is 14.4. The van der Waals surface area contributed by atoms with E-state index >= 15 is 0 Å². The van der Waals surface area contributed by atoms with Crippen LogP contribution in [0, 0.1) is 0 Å². The number of hydrogen-bond acceptors (Lipinski definition) is 3. The van der Waals surface area contributed by atoms with Crippen LogP contribution in [0.25, 0.3) is 6.08 Å². The standard InChI is InChI=1S/C17H21N3/c1-18(2)20(17-12-8-5-9-13-17)19(3)15-14-16-10-6-4-7-11-16/h4-15H,1-3H3. The zero-order valence-electron chi connectivity index (χ0n) is 12.3. The van der Waals surface area contributed by atoms with E-state index in [4.69, 9.17) is 0 Å². The molecule has 0 spiro atoms. The number of anilines is 1. The molecule has 0 saturated carbocycles. The minimum absolute atomic E-state index is 1.12.